The zero-order valence-corrected chi connectivity index (χ0v) is 16.6. The molecule has 0 fully saturated rings. The van der Waals surface area contributed by atoms with E-state index in [4.69, 9.17) is 21.4 Å². The number of benzene rings is 2. The van der Waals surface area contributed by atoms with Gasteiger partial charge in [0.1, 0.15) is 23.9 Å². The zero-order valence-electron chi connectivity index (χ0n) is 15.8. The number of para-hydroxylation sites is 1. The van der Waals surface area contributed by atoms with E-state index in [1.54, 1.807) is 0 Å². The van der Waals surface area contributed by atoms with E-state index >= 15 is 0 Å². The maximum atomic E-state index is 13.2. The van der Waals surface area contributed by atoms with Gasteiger partial charge in [0.05, 0.1) is 12.2 Å². The smallest absolute Gasteiger partial charge is 0.394 e. The molecule has 29 heavy (non-hydrogen) atoms. The Morgan fingerprint density at radius 1 is 1.34 bits per heavy atom. The lowest BCUT2D eigenvalue weighted by Crippen LogP contribution is -2.39. The van der Waals surface area contributed by atoms with Gasteiger partial charge in [-0.05, 0) is 29.8 Å². The van der Waals surface area contributed by atoms with E-state index < -0.39 is 17.7 Å². The first-order valence-electron chi connectivity index (χ1n) is 9.03. The van der Waals surface area contributed by atoms with E-state index in [2.05, 4.69) is 10.2 Å². The fourth-order valence-corrected chi connectivity index (χ4v) is 3.38. The van der Waals surface area contributed by atoms with Gasteiger partial charge in [-0.3, -0.25) is 4.79 Å². The van der Waals surface area contributed by atoms with Crippen molar-refractivity contribution in [3.63, 3.8) is 0 Å². The Bertz CT molecular complexity index is 925. The Balaban J connectivity index is 1.71. The van der Waals surface area contributed by atoms with Gasteiger partial charge in [0.25, 0.3) is 0 Å². The summed E-state index contributed by atoms with van der Waals surface area (Å²) in [5, 5.41) is 12.5. The van der Waals surface area contributed by atoms with E-state index in [1.165, 1.54) is 12.1 Å². The van der Waals surface area contributed by atoms with Gasteiger partial charge in [0, 0.05) is 31.7 Å². The Morgan fingerprint density at radius 3 is 2.86 bits per heavy atom. The summed E-state index contributed by atoms with van der Waals surface area (Å²) in [6.07, 6.45) is 0. The summed E-state index contributed by atoms with van der Waals surface area (Å²) in [6.45, 7) is 1.74. The first-order chi connectivity index (χ1) is 13.9. The number of aliphatic carboxylic acids is 1. The van der Waals surface area contributed by atoms with Crippen LogP contribution in [-0.2, 0) is 16.1 Å². The molecule has 1 aliphatic heterocycles. The number of hydrogen-bond acceptors (Lipinski definition) is 5. The third-order valence-electron chi connectivity index (χ3n) is 4.61. The van der Waals surface area contributed by atoms with Crippen molar-refractivity contribution in [3.8, 4) is 5.75 Å². The first kappa shape index (κ1) is 20.7. The molecule has 9 heteroatoms. The molecule has 7 nitrogen and oxygen atoms in total. The maximum Gasteiger partial charge on any atom is 0.394 e. The third-order valence-corrected chi connectivity index (χ3v) is 4.96. The number of nitrogens with zero attached hydrogens (tertiary/aromatic N) is 2. The van der Waals surface area contributed by atoms with Crippen LogP contribution < -0.4 is 15.0 Å². The molecule has 0 atom stereocenters. The topological polar surface area (TPSA) is 82.1 Å². The van der Waals surface area contributed by atoms with Crippen molar-refractivity contribution >= 4 is 34.9 Å². The van der Waals surface area contributed by atoms with Crippen molar-refractivity contribution in [3.05, 3.63) is 52.8 Å². The molecule has 2 aromatic rings. The standard InChI is InChI=1S/C20H21ClFN3O4/c1-24-9-10-29-17-4-2-3-16(18(17)24)23-7-8-25(19(26)20(27)28)12-13-5-6-14(22)11-15(13)21/h2-6,11,23H,7-10,12H2,1H3,(H,27,28). The molecule has 1 amide bonds. The Kier molecular flexibility index (Phi) is 6.43. The number of ether oxygens (including phenoxy) is 1. The monoisotopic (exact) mass is 421 g/mol. The summed E-state index contributed by atoms with van der Waals surface area (Å²) in [6, 6.07) is 9.42. The quantitative estimate of drug-likeness (QED) is 0.698. The van der Waals surface area contributed by atoms with Gasteiger partial charge in [0.15, 0.2) is 0 Å². The van der Waals surface area contributed by atoms with Crippen LogP contribution in [0.2, 0.25) is 5.02 Å². The Labute approximate surface area is 172 Å². The summed E-state index contributed by atoms with van der Waals surface area (Å²) in [4.78, 5) is 26.5. The number of nitrogens with one attached hydrogen (secondary N) is 1. The fraction of sp³-hybridized carbons (Fsp3) is 0.300. The molecule has 0 saturated heterocycles. The van der Waals surface area contributed by atoms with Crippen molar-refractivity contribution in [2.24, 2.45) is 0 Å². The second kappa shape index (κ2) is 9.00. The Morgan fingerprint density at radius 2 is 2.14 bits per heavy atom. The fourth-order valence-electron chi connectivity index (χ4n) is 3.15. The molecule has 154 valence electrons. The molecule has 0 unspecified atom stereocenters. The van der Waals surface area contributed by atoms with Crippen LogP contribution in [0.1, 0.15) is 5.56 Å². The van der Waals surface area contributed by atoms with E-state index in [-0.39, 0.29) is 18.1 Å². The third kappa shape index (κ3) is 4.89. The van der Waals surface area contributed by atoms with Crippen LogP contribution in [0.3, 0.4) is 0 Å². The van der Waals surface area contributed by atoms with Gasteiger partial charge in [-0.1, -0.05) is 23.7 Å². The number of hydrogen-bond donors (Lipinski definition) is 2. The molecule has 2 N–H and O–H groups in total. The number of carbonyl (C=O) groups is 2. The number of likely N-dealkylation sites (N-methyl/N-ethyl adjacent to an activating group) is 1. The predicted octanol–water partition coefficient (Wildman–Crippen LogP) is 2.83. The molecule has 0 aliphatic carbocycles. The highest BCUT2D eigenvalue weighted by molar-refractivity contribution is 6.32. The van der Waals surface area contributed by atoms with Gasteiger partial charge in [0.2, 0.25) is 0 Å². The van der Waals surface area contributed by atoms with Crippen LogP contribution in [0, 0.1) is 5.82 Å². The number of halogens is 2. The number of carboxylic acid groups (broad SMARTS) is 1. The molecule has 0 saturated carbocycles. The molecular weight excluding hydrogens is 401 g/mol. The van der Waals surface area contributed by atoms with Gasteiger partial charge in [-0.25, -0.2) is 9.18 Å². The van der Waals surface area contributed by atoms with Crippen LogP contribution in [0.4, 0.5) is 15.8 Å². The van der Waals surface area contributed by atoms with Crippen molar-refractivity contribution < 1.29 is 23.8 Å². The van der Waals surface area contributed by atoms with Crippen molar-refractivity contribution in [2.75, 3.05) is 43.5 Å². The van der Waals surface area contributed by atoms with Crippen molar-refractivity contribution in [1.82, 2.24) is 4.90 Å². The Hall–Kier alpha value is -3.00. The lowest BCUT2D eigenvalue weighted by Gasteiger charge is -2.30. The lowest BCUT2D eigenvalue weighted by molar-refractivity contribution is -0.156. The van der Waals surface area contributed by atoms with Gasteiger partial charge in [-0.2, -0.15) is 0 Å². The first-order valence-corrected chi connectivity index (χ1v) is 9.41. The minimum absolute atomic E-state index is 0.0398. The summed E-state index contributed by atoms with van der Waals surface area (Å²) in [5.74, 6) is -2.35. The number of anilines is 2. The molecule has 0 radical (unpaired) electrons. The van der Waals surface area contributed by atoms with E-state index in [9.17, 15) is 14.0 Å². The van der Waals surface area contributed by atoms with E-state index in [0.29, 0.717) is 18.7 Å². The second-order valence-corrected chi connectivity index (χ2v) is 7.02. The number of carbonyl (C=O) groups excluding carboxylic acids is 1. The van der Waals surface area contributed by atoms with Gasteiger partial charge >= 0.3 is 11.9 Å². The summed E-state index contributed by atoms with van der Waals surface area (Å²) in [5.41, 5.74) is 2.21. The molecule has 0 aromatic heterocycles. The van der Waals surface area contributed by atoms with Gasteiger partial charge < -0.3 is 25.0 Å². The zero-order chi connectivity index (χ0) is 21.0. The summed E-state index contributed by atoms with van der Waals surface area (Å²) < 4.78 is 18.9. The van der Waals surface area contributed by atoms with E-state index in [0.717, 1.165) is 34.6 Å². The molecule has 0 spiro atoms. The number of fused-ring (bicyclic) bond motifs is 1. The maximum absolute atomic E-state index is 13.2. The van der Waals surface area contributed by atoms with Crippen LogP contribution in [0.25, 0.3) is 0 Å². The minimum Gasteiger partial charge on any atom is -0.489 e. The van der Waals surface area contributed by atoms with Crippen LogP contribution in [0.15, 0.2) is 36.4 Å². The number of amides is 1. The summed E-state index contributed by atoms with van der Waals surface area (Å²) >= 11 is 6.02. The SMILES string of the molecule is CN1CCOc2cccc(NCCN(Cc3ccc(F)cc3Cl)C(=O)C(=O)O)c21. The number of carboxylic acids is 1. The van der Waals surface area contributed by atoms with Crippen molar-refractivity contribution in [1.29, 1.82) is 0 Å². The lowest BCUT2D eigenvalue weighted by atomic mass is 10.2. The van der Waals surface area contributed by atoms with Crippen LogP contribution in [0.5, 0.6) is 5.75 Å². The average molecular weight is 422 g/mol. The van der Waals surface area contributed by atoms with Crippen LogP contribution in [-0.4, -0.2) is 55.2 Å². The molecule has 2 aromatic carbocycles. The van der Waals surface area contributed by atoms with Crippen LogP contribution >= 0.6 is 11.6 Å². The van der Waals surface area contributed by atoms with Crippen molar-refractivity contribution in [2.45, 2.75) is 6.54 Å². The molecular formula is C20H21ClFN3O4. The normalized spacial score (nSPS) is 12.7. The highest BCUT2D eigenvalue weighted by atomic mass is 35.5. The highest BCUT2D eigenvalue weighted by Gasteiger charge is 2.23. The van der Waals surface area contributed by atoms with Gasteiger partial charge in [-0.15, -0.1) is 0 Å². The predicted molar refractivity (Wildman–Crippen MR) is 108 cm³/mol. The molecule has 3 rings (SSSR count). The highest BCUT2D eigenvalue weighted by Crippen LogP contribution is 2.37. The average Bonchev–Trinajstić information content (AvgIpc) is 2.68. The molecule has 1 aliphatic rings. The molecule has 1 heterocycles. The minimum atomic E-state index is -1.56. The number of rotatable bonds is 6. The molecule has 0 bridgehead atoms. The van der Waals surface area contributed by atoms with E-state index in [1.807, 2.05) is 25.2 Å². The second-order valence-electron chi connectivity index (χ2n) is 6.62. The summed E-state index contributed by atoms with van der Waals surface area (Å²) in [7, 11) is 1.96. The largest absolute Gasteiger partial charge is 0.489 e.